The van der Waals surface area contributed by atoms with Crippen molar-refractivity contribution in [2.75, 3.05) is 18.6 Å². The number of nitrogens with zero attached hydrogens (tertiary/aromatic N) is 2. The summed E-state index contributed by atoms with van der Waals surface area (Å²) in [5, 5.41) is 4.08. The number of benzene rings is 3. The van der Waals surface area contributed by atoms with Crippen molar-refractivity contribution in [3.63, 3.8) is 0 Å². The number of rotatable bonds is 5. The van der Waals surface area contributed by atoms with E-state index in [0.29, 0.717) is 0 Å². The van der Waals surface area contributed by atoms with Crippen LogP contribution < -0.4 is 15.1 Å². The van der Waals surface area contributed by atoms with E-state index in [1.165, 1.54) is 0 Å². The van der Waals surface area contributed by atoms with Crippen LogP contribution >= 0.6 is 11.8 Å². The van der Waals surface area contributed by atoms with Crippen LogP contribution in [0.4, 0.5) is 11.4 Å². The molecule has 5 nitrogen and oxygen atoms in total. The molecule has 0 aromatic heterocycles. The molecule has 6 heteroatoms. The van der Waals surface area contributed by atoms with Gasteiger partial charge in [-0.2, -0.15) is 5.10 Å². The number of hydrazone groups is 1. The van der Waals surface area contributed by atoms with Crippen LogP contribution in [-0.4, -0.2) is 25.8 Å². The molecule has 1 heterocycles. The summed E-state index contributed by atoms with van der Waals surface area (Å²) in [6.45, 7) is 0.189. The molecular formula is C22H19N3O2S. The molecular weight excluding hydrogens is 370 g/mol. The second-order valence-electron chi connectivity index (χ2n) is 6.19. The largest absolute Gasteiger partial charge is 0.497 e. The Hall–Kier alpha value is -3.25. The van der Waals surface area contributed by atoms with Crippen molar-refractivity contribution >= 4 is 35.3 Å². The third kappa shape index (κ3) is 3.87. The van der Waals surface area contributed by atoms with Gasteiger partial charge in [0.25, 0.3) is 5.91 Å². The Morgan fingerprint density at radius 3 is 2.21 bits per heavy atom. The zero-order valence-corrected chi connectivity index (χ0v) is 16.1. The highest BCUT2D eigenvalue weighted by molar-refractivity contribution is 7.99. The number of hydrogen-bond donors (Lipinski definition) is 1. The Labute approximate surface area is 168 Å². The Bertz CT molecular complexity index is 973. The molecule has 0 fully saturated rings. The number of amides is 1. The van der Waals surface area contributed by atoms with E-state index < -0.39 is 0 Å². The lowest BCUT2D eigenvalue weighted by molar-refractivity contribution is -0.119. The second kappa shape index (κ2) is 8.19. The van der Waals surface area contributed by atoms with Crippen molar-refractivity contribution in [1.82, 2.24) is 5.43 Å². The molecule has 1 N–H and O–H groups in total. The summed E-state index contributed by atoms with van der Waals surface area (Å²) in [5.41, 5.74) is 5.56. The van der Waals surface area contributed by atoms with Gasteiger partial charge in [-0.3, -0.25) is 4.79 Å². The summed E-state index contributed by atoms with van der Waals surface area (Å²) < 4.78 is 5.13. The van der Waals surface area contributed by atoms with Crippen LogP contribution in [0.1, 0.15) is 5.56 Å². The molecule has 0 saturated heterocycles. The first-order valence-electron chi connectivity index (χ1n) is 8.84. The highest BCUT2D eigenvalue weighted by atomic mass is 32.2. The average molecular weight is 389 g/mol. The predicted octanol–water partition coefficient (Wildman–Crippen LogP) is 4.45. The summed E-state index contributed by atoms with van der Waals surface area (Å²) in [7, 11) is 1.62. The van der Waals surface area contributed by atoms with Crippen molar-refractivity contribution in [2.45, 2.75) is 9.79 Å². The SMILES string of the molecule is COc1ccc(/C=N/NC(=O)CN2c3ccccc3Sc3ccccc32)cc1. The third-order valence-electron chi connectivity index (χ3n) is 4.35. The van der Waals surface area contributed by atoms with E-state index in [4.69, 9.17) is 4.74 Å². The number of nitrogens with one attached hydrogen (secondary N) is 1. The molecule has 3 aromatic carbocycles. The molecule has 0 saturated carbocycles. The van der Waals surface area contributed by atoms with E-state index in [2.05, 4.69) is 22.7 Å². The predicted molar refractivity (Wildman–Crippen MR) is 113 cm³/mol. The van der Waals surface area contributed by atoms with Gasteiger partial charge in [0.2, 0.25) is 0 Å². The van der Waals surface area contributed by atoms with Crippen LogP contribution in [0.15, 0.2) is 87.7 Å². The van der Waals surface area contributed by atoms with Crippen LogP contribution in [0.5, 0.6) is 5.75 Å². The number of carbonyl (C=O) groups is 1. The van der Waals surface area contributed by atoms with Crippen molar-refractivity contribution < 1.29 is 9.53 Å². The maximum absolute atomic E-state index is 12.5. The molecule has 4 rings (SSSR count). The molecule has 1 aliphatic heterocycles. The quantitative estimate of drug-likeness (QED) is 0.517. The molecule has 0 atom stereocenters. The Morgan fingerprint density at radius 1 is 1.00 bits per heavy atom. The molecule has 1 amide bonds. The minimum atomic E-state index is -0.179. The molecule has 0 bridgehead atoms. The number of anilines is 2. The van der Waals surface area contributed by atoms with Gasteiger partial charge in [0.1, 0.15) is 12.3 Å². The molecule has 0 unspecified atom stereocenters. The van der Waals surface area contributed by atoms with Gasteiger partial charge in [-0.25, -0.2) is 5.43 Å². The first kappa shape index (κ1) is 18.1. The fraction of sp³-hybridized carbons (Fsp3) is 0.0909. The van der Waals surface area contributed by atoms with E-state index >= 15 is 0 Å². The minimum absolute atomic E-state index is 0.179. The lowest BCUT2D eigenvalue weighted by Gasteiger charge is -2.31. The van der Waals surface area contributed by atoms with E-state index in [-0.39, 0.29) is 12.5 Å². The van der Waals surface area contributed by atoms with Gasteiger partial charge >= 0.3 is 0 Å². The number of carbonyl (C=O) groups excluding carboxylic acids is 1. The summed E-state index contributed by atoms with van der Waals surface area (Å²) in [4.78, 5) is 16.8. The summed E-state index contributed by atoms with van der Waals surface area (Å²) in [6, 6.07) is 23.7. The highest BCUT2D eigenvalue weighted by Gasteiger charge is 2.24. The van der Waals surface area contributed by atoms with Crippen LogP contribution in [0, 0.1) is 0 Å². The average Bonchev–Trinajstić information content (AvgIpc) is 2.74. The lowest BCUT2D eigenvalue weighted by atomic mass is 10.2. The van der Waals surface area contributed by atoms with Gasteiger partial charge in [0.05, 0.1) is 24.7 Å². The van der Waals surface area contributed by atoms with E-state index in [9.17, 15) is 4.79 Å². The molecule has 0 radical (unpaired) electrons. The van der Waals surface area contributed by atoms with E-state index in [1.807, 2.05) is 65.6 Å². The fourth-order valence-electron chi connectivity index (χ4n) is 3.00. The first-order chi connectivity index (χ1) is 13.7. The maximum Gasteiger partial charge on any atom is 0.260 e. The van der Waals surface area contributed by atoms with Gasteiger partial charge in [-0.15, -0.1) is 0 Å². The van der Waals surface area contributed by atoms with E-state index in [1.54, 1.807) is 25.1 Å². The van der Waals surface area contributed by atoms with Gasteiger partial charge in [-0.1, -0.05) is 36.0 Å². The molecule has 140 valence electrons. The number of para-hydroxylation sites is 2. The number of fused-ring (bicyclic) bond motifs is 2. The summed E-state index contributed by atoms with van der Waals surface area (Å²) >= 11 is 1.72. The van der Waals surface area contributed by atoms with Crippen molar-refractivity contribution in [2.24, 2.45) is 5.10 Å². The van der Waals surface area contributed by atoms with Gasteiger partial charge in [0.15, 0.2) is 0 Å². The molecule has 1 aliphatic rings. The van der Waals surface area contributed by atoms with Crippen LogP contribution in [-0.2, 0) is 4.79 Å². The third-order valence-corrected chi connectivity index (χ3v) is 5.48. The number of methoxy groups -OCH3 is 1. The molecule has 28 heavy (non-hydrogen) atoms. The van der Waals surface area contributed by atoms with Crippen LogP contribution in [0.25, 0.3) is 0 Å². The summed E-state index contributed by atoms with van der Waals surface area (Å²) in [5.74, 6) is 0.600. The monoisotopic (exact) mass is 389 g/mol. The Balaban J connectivity index is 1.47. The minimum Gasteiger partial charge on any atom is -0.497 e. The van der Waals surface area contributed by atoms with Crippen LogP contribution in [0.2, 0.25) is 0 Å². The second-order valence-corrected chi connectivity index (χ2v) is 7.27. The number of ether oxygens (including phenoxy) is 1. The number of hydrogen-bond acceptors (Lipinski definition) is 5. The van der Waals surface area contributed by atoms with Crippen LogP contribution in [0.3, 0.4) is 0 Å². The normalized spacial score (nSPS) is 12.4. The van der Waals surface area contributed by atoms with Crippen molar-refractivity contribution in [3.05, 3.63) is 78.4 Å². The molecule has 3 aromatic rings. The van der Waals surface area contributed by atoms with Crippen molar-refractivity contribution in [1.29, 1.82) is 0 Å². The smallest absolute Gasteiger partial charge is 0.260 e. The van der Waals surface area contributed by atoms with Crippen molar-refractivity contribution in [3.8, 4) is 5.75 Å². The Kier molecular flexibility index (Phi) is 5.30. The van der Waals surface area contributed by atoms with Gasteiger partial charge in [0, 0.05) is 9.79 Å². The van der Waals surface area contributed by atoms with Gasteiger partial charge in [-0.05, 0) is 54.1 Å². The van der Waals surface area contributed by atoms with E-state index in [0.717, 1.165) is 32.5 Å². The molecule has 0 spiro atoms. The Morgan fingerprint density at radius 2 is 1.61 bits per heavy atom. The maximum atomic E-state index is 12.5. The summed E-state index contributed by atoms with van der Waals surface area (Å²) in [6.07, 6.45) is 1.62. The standard InChI is InChI=1S/C22H19N3O2S/c1-27-17-12-10-16(11-13-17)14-23-24-22(26)15-25-18-6-2-4-8-20(18)28-21-9-5-3-7-19(21)25/h2-14H,15H2,1H3,(H,24,26)/b23-14+. The zero-order valence-electron chi connectivity index (χ0n) is 15.3. The molecule has 0 aliphatic carbocycles. The zero-order chi connectivity index (χ0) is 19.3. The fourth-order valence-corrected chi connectivity index (χ4v) is 4.09. The topological polar surface area (TPSA) is 53.9 Å². The first-order valence-corrected chi connectivity index (χ1v) is 9.65. The van der Waals surface area contributed by atoms with Gasteiger partial charge < -0.3 is 9.64 Å². The highest BCUT2D eigenvalue weighted by Crippen LogP contribution is 2.47. The lowest BCUT2D eigenvalue weighted by Crippen LogP contribution is -2.33.